The molecule has 0 aromatic rings. The molecule has 0 aliphatic heterocycles. The predicted molar refractivity (Wildman–Crippen MR) is 55.8 cm³/mol. The molecule has 0 heterocycles. The van der Waals surface area contributed by atoms with E-state index in [9.17, 15) is 0 Å². The maximum atomic E-state index is 5.02. The molecule has 1 aliphatic carbocycles. The first kappa shape index (κ1) is 11.0. The average molecular weight is 185 g/mol. The van der Waals surface area contributed by atoms with Crippen molar-refractivity contribution in [3.63, 3.8) is 0 Å². The van der Waals surface area contributed by atoms with Gasteiger partial charge in [0, 0.05) is 19.7 Å². The first-order valence-corrected chi connectivity index (χ1v) is 5.46. The molecule has 0 saturated heterocycles. The first-order valence-electron chi connectivity index (χ1n) is 5.46. The Morgan fingerprint density at radius 3 is 2.62 bits per heavy atom. The highest BCUT2D eigenvalue weighted by molar-refractivity contribution is 4.79. The minimum absolute atomic E-state index is 0.737. The van der Waals surface area contributed by atoms with Crippen LogP contribution in [0, 0.1) is 11.8 Å². The van der Waals surface area contributed by atoms with Crippen LogP contribution in [0.1, 0.15) is 33.1 Å². The van der Waals surface area contributed by atoms with E-state index in [1.165, 1.54) is 19.3 Å². The molecular formula is C11H23NO. The van der Waals surface area contributed by atoms with Gasteiger partial charge in [-0.1, -0.05) is 13.8 Å². The van der Waals surface area contributed by atoms with Crippen LogP contribution in [0.3, 0.4) is 0 Å². The van der Waals surface area contributed by atoms with Crippen molar-refractivity contribution in [2.24, 2.45) is 11.8 Å². The molecule has 1 rings (SSSR count). The Morgan fingerprint density at radius 1 is 1.23 bits per heavy atom. The van der Waals surface area contributed by atoms with Gasteiger partial charge >= 0.3 is 0 Å². The molecule has 3 atom stereocenters. The summed E-state index contributed by atoms with van der Waals surface area (Å²) in [5.41, 5.74) is 0. The van der Waals surface area contributed by atoms with Crippen molar-refractivity contribution in [3.8, 4) is 0 Å². The molecular weight excluding hydrogens is 162 g/mol. The van der Waals surface area contributed by atoms with Crippen LogP contribution in [0.5, 0.6) is 0 Å². The van der Waals surface area contributed by atoms with Crippen LogP contribution in [-0.4, -0.2) is 26.3 Å². The van der Waals surface area contributed by atoms with E-state index in [1.54, 1.807) is 7.11 Å². The highest BCUT2D eigenvalue weighted by atomic mass is 16.5. The van der Waals surface area contributed by atoms with Gasteiger partial charge in [-0.25, -0.2) is 0 Å². The van der Waals surface area contributed by atoms with Crippen LogP contribution >= 0.6 is 0 Å². The molecule has 2 nitrogen and oxygen atoms in total. The third-order valence-electron chi connectivity index (χ3n) is 3.34. The van der Waals surface area contributed by atoms with Crippen molar-refractivity contribution in [1.29, 1.82) is 0 Å². The average Bonchev–Trinajstić information content (AvgIpc) is 2.12. The SMILES string of the molecule is COCCNC1CCC(C)C(C)C1. The van der Waals surface area contributed by atoms with Crippen LogP contribution in [0.4, 0.5) is 0 Å². The van der Waals surface area contributed by atoms with E-state index in [1.807, 2.05) is 0 Å². The van der Waals surface area contributed by atoms with Gasteiger partial charge in [-0.15, -0.1) is 0 Å². The molecule has 0 bridgehead atoms. The van der Waals surface area contributed by atoms with E-state index in [2.05, 4.69) is 19.2 Å². The molecule has 1 saturated carbocycles. The van der Waals surface area contributed by atoms with Gasteiger partial charge in [0.25, 0.3) is 0 Å². The molecule has 0 aromatic carbocycles. The molecule has 1 aliphatic rings. The lowest BCUT2D eigenvalue weighted by atomic mass is 9.79. The van der Waals surface area contributed by atoms with Crippen LogP contribution < -0.4 is 5.32 Å². The lowest BCUT2D eigenvalue weighted by Crippen LogP contribution is -2.37. The molecule has 13 heavy (non-hydrogen) atoms. The quantitative estimate of drug-likeness (QED) is 0.677. The van der Waals surface area contributed by atoms with Crippen molar-refractivity contribution >= 4 is 0 Å². The summed E-state index contributed by atoms with van der Waals surface area (Å²) in [4.78, 5) is 0. The van der Waals surface area contributed by atoms with Gasteiger partial charge < -0.3 is 10.1 Å². The van der Waals surface area contributed by atoms with Crippen molar-refractivity contribution in [2.75, 3.05) is 20.3 Å². The number of ether oxygens (including phenoxy) is 1. The predicted octanol–water partition coefficient (Wildman–Crippen LogP) is 2.05. The summed E-state index contributed by atoms with van der Waals surface area (Å²) < 4.78 is 5.02. The summed E-state index contributed by atoms with van der Waals surface area (Å²) in [6.45, 7) is 6.58. The van der Waals surface area contributed by atoms with Crippen LogP contribution in [0.25, 0.3) is 0 Å². The van der Waals surface area contributed by atoms with E-state index in [0.717, 1.165) is 31.0 Å². The second-order valence-electron chi connectivity index (χ2n) is 4.41. The summed E-state index contributed by atoms with van der Waals surface area (Å²) >= 11 is 0. The molecule has 0 aromatic heterocycles. The van der Waals surface area contributed by atoms with Crippen LogP contribution in [-0.2, 0) is 4.74 Å². The van der Waals surface area contributed by atoms with Gasteiger partial charge in [-0.2, -0.15) is 0 Å². The minimum Gasteiger partial charge on any atom is -0.383 e. The van der Waals surface area contributed by atoms with E-state index in [4.69, 9.17) is 4.74 Å². The van der Waals surface area contributed by atoms with Crippen LogP contribution in [0.15, 0.2) is 0 Å². The Hall–Kier alpha value is -0.0800. The third-order valence-corrected chi connectivity index (χ3v) is 3.34. The summed E-state index contributed by atoms with van der Waals surface area (Å²) in [7, 11) is 1.76. The smallest absolute Gasteiger partial charge is 0.0587 e. The highest BCUT2D eigenvalue weighted by Gasteiger charge is 2.23. The fourth-order valence-electron chi connectivity index (χ4n) is 2.10. The number of methoxy groups -OCH3 is 1. The molecule has 1 N–H and O–H groups in total. The van der Waals surface area contributed by atoms with Gasteiger partial charge in [0.1, 0.15) is 0 Å². The zero-order chi connectivity index (χ0) is 9.68. The number of rotatable bonds is 4. The fraction of sp³-hybridized carbons (Fsp3) is 1.00. The van der Waals surface area contributed by atoms with Crippen molar-refractivity contribution in [1.82, 2.24) is 5.32 Å². The molecule has 0 radical (unpaired) electrons. The van der Waals surface area contributed by atoms with Crippen molar-refractivity contribution in [2.45, 2.75) is 39.2 Å². The summed E-state index contributed by atoms with van der Waals surface area (Å²) in [5, 5.41) is 3.55. The molecule has 78 valence electrons. The molecule has 0 spiro atoms. The zero-order valence-electron chi connectivity index (χ0n) is 9.18. The first-order chi connectivity index (χ1) is 6.24. The zero-order valence-corrected chi connectivity index (χ0v) is 9.18. The second-order valence-corrected chi connectivity index (χ2v) is 4.41. The van der Waals surface area contributed by atoms with E-state index in [-0.39, 0.29) is 0 Å². The Bertz CT molecular complexity index is 138. The van der Waals surface area contributed by atoms with E-state index >= 15 is 0 Å². The Labute approximate surface area is 82.0 Å². The topological polar surface area (TPSA) is 21.3 Å². The standard InChI is InChI=1S/C11H23NO/c1-9-4-5-11(8-10(9)2)12-6-7-13-3/h9-12H,4-8H2,1-3H3. The summed E-state index contributed by atoms with van der Waals surface area (Å²) in [5.74, 6) is 1.80. The Kier molecular flexibility index (Phi) is 4.74. The van der Waals surface area contributed by atoms with Crippen LogP contribution in [0.2, 0.25) is 0 Å². The van der Waals surface area contributed by atoms with Gasteiger partial charge in [0.05, 0.1) is 6.61 Å². The van der Waals surface area contributed by atoms with E-state index < -0.39 is 0 Å². The normalized spacial score (nSPS) is 34.8. The van der Waals surface area contributed by atoms with Gasteiger partial charge in [-0.3, -0.25) is 0 Å². The maximum absolute atomic E-state index is 5.02. The Balaban J connectivity index is 2.14. The van der Waals surface area contributed by atoms with Crippen molar-refractivity contribution < 1.29 is 4.74 Å². The molecule has 0 amide bonds. The molecule has 3 unspecified atom stereocenters. The number of nitrogens with one attached hydrogen (secondary N) is 1. The van der Waals surface area contributed by atoms with Gasteiger partial charge in [0.2, 0.25) is 0 Å². The van der Waals surface area contributed by atoms with Gasteiger partial charge in [0.15, 0.2) is 0 Å². The largest absolute Gasteiger partial charge is 0.383 e. The number of hydrogen-bond acceptors (Lipinski definition) is 2. The molecule has 1 fully saturated rings. The van der Waals surface area contributed by atoms with Crippen molar-refractivity contribution in [3.05, 3.63) is 0 Å². The summed E-state index contributed by atoms with van der Waals surface area (Å²) in [6.07, 6.45) is 4.06. The number of hydrogen-bond donors (Lipinski definition) is 1. The maximum Gasteiger partial charge on any atom is 0.0587 e. The Morgan fingerprint density at radius 2 is 2.00 bits per heavy atom. The molecule has 2 heteroatoms. The lowest BCUT2D eigenvalue weighted by Gasteiger charge is -2.32. The highest BCUT2D eigenvalue weighted by Crippen LogP contribution is 2.29. The lowest BCUT2D eigenvalue weighted by molar-refractivity contribution is 0.178. The fourth-order valence-corrected chi connectivity index (χ4v) is 2.10. The minimum atomic E-state index is 0.737. The van der Waals surface area contributed by atoms with Gasteiger partial charge in [-0.05, 0) is 31.1 Å². The third kappa shape index (κ3) is 3.65. The monoisotopic (exact) mass is 185 g/mol. The van der Waals surface area contributed by atoms with E-state index in [0.29, 0.717) is 0 Å². The summed E-state index contributed by atoms with van der Waals surface area (Å²) in [6, 6.07) is 0.737. The second kappa shape index (κ2) is 5.61.